The van der Waals surface area contributed by atoms with Crippen molar-refractivity contribution in [3.8, 4) is 0 Å². The van der Waals surface area contributed by atoms with E-state index < -0.39 is 0 Å². The Hall–Kier alpha value is -1.23. The first-order valence-electron chi connectivity index (χ1n) is 6.30. The van der Waals surface area contributed by atoms with E-state index in [1.54, 1.807) is 0 Å². The first-order valence-corrected chi connectivity index (χ1v) is 6.30. The van der Waals surface area contributed by atoms with Gasteiger partial charge in [-0.15, -0.1) is 0 Å². The Kier molecular flexibility index (Phi) is 4.87. The van der Waals surface area contributed by atoms with E-state index in [4.69, 9.17) is 15.2 Å². The van der Waals surface area contributed by atoms with Crippen molar-refractivity contribution in [2.24, 2.45) is 5.73 Å². The number of ether oxygens (including phenoxy) is 2. The van der Waals surface area contributed by atoms with Gasteiger partial charge in [-0.3, -0.25) is 4.79 Å². The van der Waals surface area contributed by atoms with Gasteiger partial charge >= 0.3 is 0 Å². The number of fused-ring (bicyclic) bond motifs is 1. The second-order valence-electron chi connectivity index (χ2n) is 4.39. The largest absolute Gasteiger partial charge is 0.373 e. The number of benzene rings is 1. The normalized spacial score (nSPS) is 18.4. The third-order valence-corrected chi connectivity index (χ3v) is 3.03. The van der Waals surface area contributed by atoms with E-state index in [2.05, 4.69) is 6.07 Å². The minimum Gasteiger partial charge on any atom is -0.373 e. The van der Waals surface area contributed by atoms with Crippen LogP contribution < -0.4 is 5.73 Å². The summed E-state index contributed by atoms with van der Waals surface area (Å²) in [4.78, 5) is 11.8. The molecule has 1 atom stereocenters. The van der Waals surface area contributed by atoms with Crippen LogP contribution in [-0.2, 0) is 20.7 Å². The maximum absolute atomic E-state index is 11.8. The molecule has 0 saturated heterocycles. The molecule has 1 aromatic rings. The molecule has 4 heteroatoms. The first-order chi connectivity index (χ1) is 8.81. The van der Waals surface area contributed by atoms with Gasteiger partial charge in [0.15, 0.2) is 5.78 Å². The summed E-state index contributed by atoms with van der Waals surface area (Å²) in [6.45, 7) is 1.67. The van der Waals surface area contributed by atoms with E-state index in [0.29, 0.717) is 26.2 Å². The molecule has 2 rings (SSSR count). The maximum atomic E-state index is 11.8. The molecule has 0 saturated carbocycles. The molecule has 1 aliphatic heterocycles. The van der Waals surface area contributed by atoms with Crippen LogP contribution in [0.2, 0.25) is 0 Å². The van der Waals surface area contributed by atoms with Crippen molar-refractivity contribution in [1.29, 1.82) is 0 Å². The second-order valence-corrected chi connectivity index (χ2v) is 4.39. The summed E-state index contributed by atoms with van der Waals surface area (Å²) in [6, 6.07) is 8.14. The topological polar surface area (TPSA) is 61.5 Å². The van der Waals surface area contributed by atoms with Crippen LogP contribution in [0.25, 0.3) is 0 Å². The molecule has 1 unspecified atom stereocenters. The van der Waals surface area contributed by atoms with Gasteiger partial charge < -0.3 is 15.2 Å². The summed E-state index contributed by atoms with van der Waals surface area (Å²) < 4.78 is 10.8. The number of rotatable bonds is 6. The number of carbonyl (C=O) groups excluding carboxylic acids is 1. The lowest BCUT2D eigenvalue weighted by molar-refractivity contribution is -0.126. The minimum absolute atomic E-state index is 0.0603. The highest BCUT2D eigenvalue weighted by atomic mass is 16.5. The van der Waals surface area contributed by atoms with Crippen molar-refractivity contribution in [2.45, 2.75) is 18.9 Å². The van der Waals surface area contributed by atoms with Crippen LogP contribution in [0.4, 0.5) is 0 Å². The highest BCUT2D eigenvalue weighted by molar-refractivity contribution is 5.80. The standard InChI is InChI=1S/C14H19NO3/c15-6-8-17-10-12(16)9-14-13-4-2-1-3-11(13)5-7-18-14/h1-4,14H,5-10,15H2. The highest BCUT2D eigenvalue weighted by Crippen LogP contribution is 2.29. The summed E-state index contributed by atoms with van der Waals surface area (Å²) in [5.74, 6) is 0.0603. The van der Waals surface area contributed by atoms with Crippen LogP contribution in [0.5, 0.6) is 0 Å². The number of carbonyl (C=O) groups is 1. The maximum Gasteiger partial charge on any atom is 0.161 e. The van der Waals surface area contributed by atoms with Gasteiger partial charge in [-0.2, -0.15) is 0 Å². The summed E-state index contributed by atoms with van der Waals surface area (Å²) in [6.07, 6.45) is 1.18. The van der Waals surface area contributed by atoms with Crippen molar-refractivity contribution >= 4 is 5.78 Å². The molecule has 98 valence electrons. The fraction of sp³-hybridized carbons (Fsp3) is 0.500. The van der Waals surface area contributed by atoms with E-state index in [0.717, 1.165) is 12.0 Å². The zero-order valence-corrected chi connectivity index (χ0v) is 10.4. The molecule has 1 heterocycles. The van der Waals surface area contributed by atoms with Crippen LogP contribution >= 0.6 is 0 Å². The molecule has 0 fully saturated rings. The zero-order valence-electron chi connectivity index (χ0n) is 10.4. The molecule has 0 amide bonds. The van der Waals surface area contributed by atoms with Gasteiger partial charge in [0.2, 0.25) is 0 Å². The highest BCUT2D eigenvalue weighted by Gasteiger charge is 2.22. The molecule has 18 heavy (non-hydrogen) atoms. The van der Waals surface area contributed by atoms with Gasteiger partial charge in [-0.25, -0.2) is 0 Å². The van der Waals surface area contributed by atoms with E-state index >= 15 is 0 Å². The summed E-state index contributed by atoms with van der Waals surface area (Å²) in [5.41, 5.74) is 7.72. The van der Waals surface area contributed by atoms with Crippen molar-refractivity contribution in [3.05, 3.63) is 35.4 Å². The van der Waals surface area contributed by atoms with Crippen LogP contribution in [0.15, 0.2) is 24.3 Å². The van der Waals surface area contributed by atoms with Gasteiger partial charge in [0.25, 0.3) is 0 Å². The summed E-state index contributed by atoms with van der Waals surface area (Å²) in [5, 5.41) is 0. The first kappa shape index (κ1) is 13.2. The van der Waals surface area contributed by atoms with Gasteiger partial charge in [-0.05, 0) is 17.5 Å². The molecule has 0 spiro atoms. The number of hydrogen-bond donors (Lipinski definition) is 1. The second kappa shape index (κ2) is 6.64. The van der Waals surface area contributed by atoms with Crippen molar-refractivity contribution in [1.82, 2.24) is 0 Å². The molecule has 0 radical (unpaired) electrons. The van der Waals surface area contributed by atoms with Gasteiger partial charge in [0.05, 0.1) is 19.3 Å². The predicted molar refractivity (Wildman–Crippen MR) is 68.3 cm³/mol. The summed E-state index contributed by atoms with van der Waals surface area (Å²) >= 11 is 0. The quantitative estimate of drug-likeness (QED) is 0.770. The Morgan fingerprint density at radius 3 is 3.11 bits per heavy atom. The Balaban J connectivity index is 1.92. The lowest BCUT2D eigenvalue weighted by atomic mass is 9.95. The van der Waals surface area contributed by atoms with Crippen LogP contribution in [0.1, 0.15) is 23.7 Å². The molecule has 2 N–H and O–H groups in total. The number of ketones is 1. The lowest BCUT2D eigenvalue weighted by Gasteiger charge is -2.25. The predicted octanol–water partition coefficient (Wildman–Crippen LogP) is 1.23. The number of nitrogens with two attached hydrogens (primary N) is 1. The van der Waals surface area contributed by atoms with Crippen molar-refractivity contribution in [3.63, 3.8) is 0 Å². The van der Waals surface area contributed by atoms with E-state index in [1.165, 1.54) is 5.56 Å². The average Bonchev–Trinajstić information content (AvgIpc) is 2.39. The molecule has 0 bridgehead atoms. The third kappa shape index (κ3) is 3.38. The van der Waals surface area contributed by atoms with Crippen molar-refractivity contribution < 1.29 is 14.3 Å². The third-order valence-electron chi connectivity index (χ3n) is 3.03. The minimum atomic E-state index is -0.121. The van der Waals surface area contributed by atoms with Gasteiger partial charge in [0, 0.05) is 13.0 Å². The van der Waals surface area contributed by atoms with E-state index in [9.17, 15) is 4.79 Å². The Bertz CT molecular complexity index is 406. The molecule has 4 nitrogen and oxygen atoms in total. The fourth-order valence-electron chi connectivity index (χ4n) is 2.18. The monoisotopic (exact) mass is 249 g/mol. The van der Waals surface area contributed by atoms with Crippen molar-refractivity contribution in [2.75, 3.05) is 26.4 Å². The van der Waals surface area contributed by atoms with E-state index in [1.807, 2.05) is 18.2 Å². The number of Topliss-reactive ketones (excluding diaryl/α,β-unsaturated/α-hetero) is 1. The number of hydrogen-bond acceptors (Lipinski definition) is 4. The Labute approximate surface area is 107 Å². The van der Waals surface area contributed by atoms with Crippen LogP contribution in [0, 0.1) is 0 Å². The lowest BCUT2D eigenvalue weighted by Crippen LogP contribution is -2.21. The Morgan fingerprint density at radius 2 is 2.28 bits per heavy atom. The molecular weight excluding hydrogens is 230 g/mol. The van der Waals surface area contributed by atoms with Crippen LogP contribution in [0.3, 0.4) is 0 Å². The van der Waals surface area contributed by atoms with Gasteiger partial charge in [0.1, 0.15) is 6.61 Å². The van der Waals surface area contributed by atoms with E-state index in [-0.39, 0.29) is 18.5 Å². The molecule has 0 aliphatic carbocycles. The molecule has 0 aromatic heterocycles. The molecule has 1 aromatic carbocycles. The van der Waals surface area contributed by atoms with Gasteiger partial charge in [-0.1, -0.05) is 24.3 Å². The molecule has 1 aliphatic rings. The smallest absolute Gasteiger partial charge is 0.161 e. The average molecular weight is 249 g/mol. The molecular formula is C14H19NO3. The SMILES string of the molecule is NCCOCC(=O)CC1OCCc2ccccc21. The zero-order chi connectivity index (χ0) is 12.8. The fourth-order valence-corrected chi connectivity index (χ4v) is 2.18. The Morgan fingerprint density at radius 1 is 1.44 bits per heavy atom. The van der Waals surface area contributed by atoms with Crippen LogP contribution in [-0.4, -0.2) is 32.1 Å². The summed E-state index contributed by atoms with van der Waals surface area (Å²) in [7, 11) is 0.